The zero-order valence-electron chi connectivity index (χ0n) is 14.2. The lowest BCUT2D eigenvalue weighted by atomic mass is 10.1. The number of nitro groups is 1. The topological polar surface area (TPSA) is 93.9 Å². The highest BCUT2D eigenvalue weighted by Crippen LogP contribution is 2.30. The maximum atomic E-state index is 11.0. The summed E-state index contributed by atoms with van der Waals surface area (Å²) in [5, 5.41) is 17.3. The van der Waals surface area contributed by atoms with Crippen molar-refractivity contribution in [1.29, 1.82) is 0 Å². The van der Waals surface area contributed by atoms with Gasteiger partial charge in [0, 0.05) is 38.7 Å². The van der Waals surface area contributed by atoms with Crippen molar-refractivity contribution in [3.05, 3.63) is 70.2 Å². The third-order valence-electron chi connectivity index (χ3n) is 3.18. The minimum Gasteiger partial charge on any atom is -0.494 e. The number of benzene rings is 1. The van der Waals surface area contributed by atoms with Gasteiger partial charge in [-0.25, -0.2) is 4.98 Å². The van der Waals surface area contributed by atoms with E-state index in [0.29, 0.717) is 22.6 Å². The van der Waals surface area contributed by atoms with Gasteiger partial charge in [-0.15, -0.1) is 0 Å². The maximum absolute atomic E-state index is 11.0. The molecule has 0 spiro atoms. The number of H-pyrrole nitrogens is 1. The first-order valence-electron chi connectivity index (χ1n) is 7.73. The van der Waals surface area contributed by atoms with Crippen LogP contribution in [0.4, 0.5) is 5.69 Å². The van der Waals surface area contributed by atoms with Crippen LogP contribution in [0.3, 0.4) is 0 Å². The molecule has 0 aliphatic rings. The van der Waals surface area contributed by atoms with Gasteiger partial charge in [-0.2, -0.15) is 5.10 Å². The molecular formula is C16H14N4O3. The van der Waals surface area contributed by atoms with E-state index >= 15 is 0 Å². The van der Waals surface area contributed by atoms with Crippen molar-refractivity contribution in [2.24, 2.45) is 0 Å². The number of non-ortho nitro benzene ring substituents is 1. The van der Waals surface area contributed by atoms with E-state index in [2.05, 4.69) is 15.2 Å². The van der Waals surface area contributed by atoms with Gasteiger partial charge in [-0.1, -0.05) is 12.1 Å². The number of methoxy groups -OCH3 is 1. The van der Waals surface area contributed by atoms with E-state index in [9.17, 15) is 10.1 Å². The zero-order chi connectivity index (χ0) is 18.0. The van der Waals surface area contributed by atoms with Crippen molar-refractivity contribution in [2.75, 3.05) is 7.11 Å². The normalized spacial score (nSPS) is 12.4. The van der Waals surface area contributed by atoms with Crippen LogP contribution >= 0.6 is 0 Å². The fraction of sp³-hybridized carbons (Fsp3) is 0.125. The van der Waals surface area contributed by atoms with Crippen LogP contribution in [0.2, 0.25) is 0 Å². The van der Waals surface area contributed by atoms with Crippen molar-refractivity contribution >= 4 is 5.69 Å². The van der Waals surface area contributed by atoms with Gasteiger partial charge in [0.05, 0.1) is 18.2 Å². The lowest BCUT2D eigenvalue weighted by Gasteiger charge is -2.10. The largest absolute Gasteiger partial charge is 0.494 e. The molecule has 0 bridgehead atoms. The van der Waals surface area contributed by atoms with Gasteiger partial charge in [0.2, 0.25) is 0 Å². The maximum Gasteiger partial charge on any atom is 0.270 e. The van der Waals surface area contributed by atoms with E-state index < -0.39 is 11.3 Å². The first kappa shape index (κ1) is 12.3. The summed E-state index contributed by atoms with van der Waals surface area (Å²) in [5.41, 5.74) is 1.20. The Kier molecular flexibility index (Phi) is 3.36. The molecule has 2 heterocycles. The molecule has 0 aliphatic carbocycles. The molecule has 1 N–H and O–H groups in total. The molecule has 3 rings (SSSR count). The summed E-state index contributed by atoms with van der Waals surface area (Å²) in [4.78, 5) is 14.9. The number of ether oxygens (including phenoxy) is 1. The molecule has 0 saturated carbocycles. The number of nitrogens with zero attached hydrogens (tertiary/aromatic N) is 3. The fourth-order valence-electron chi connectivity index (χ4n) is 2.12. The number of nitro benzene ring substituents is 1. The first-order valence-corrected chi connectivity index (χ1v) is 6.73. The summed E-state index contributed by atoms with van der Waals surface area (Å²) in [6, 6.07) is 9.08. The Hall–Kier alpha value is -3.22. The van der Waals surface area contributed by atoms with Crippen molar-refractivity contribution in [1.82, 2.24) is 15.2 Å². The second kappa shape index (κ2) is 6.27. The van der Waals surface area contributed by atoms with Crippen LogP contribution < -0.4 is 4.74 Å². The lowest BCUT2D eigenvalue weighted by Crippen LogP contribution is -1.97. The molecule has 0 amide bonds. The van der Waals surface area contributed by atoms with Gasteiger partial charge >= 0.3 is 0 Å². The number of hydrogen-bond acceptors (Lipinski definition) is 5. The van der Waals surface area contributed by atoms with Crippen molar-refractivity contribution in [3.8, 4) is 17.0 Å². The summed E-state index contributed by atoms with van der Waals surface area (Å²) < 4.78 is 21.9. The Balaban J connectivity index is 2.13. The lowest BCUT2D eigenvalue weighted by molar-refractivity contribution is -0.384. The van der Waals surface area contributed by atoms with Crippen LogP contribution in [0.5, 0.6) is 5.75 Å². The average molecular weight is 311 g/mol. The smallest absolute Gasteiger partial charge is 0.270 e. The van der Waals surface area contributed by atoms with E-state index in [-0.39, 0.29) is 11.4 Å². The third kappa shape index (κ3) is 3.18. The number of aromatic amines is 1. The Morgan fingerprint density at radius 2 is 2.26 bits per heavy atom. The quantitative estimate of drug-likeness (QED) is 0.577. The van der Waals surface area contributed by atoms with Crippen LogP contribution in [0.1, 0.15) is 14.0 Å². The SMILES string of the molecule is [2H]C([2H])(c1cn[nH]c1)c1ccc(O[11CH3])c(-c2cccc([N+](=O)[O-])c2)n1. The highest BCUT2D eigenvalue weighted by molar-refractivity contribution is 5.68. The molecule has 0 radical (unpaired) electrons. The van der Waals surface area contributed by atoms with Crippen LogP contribution in [0.25, 0.3) is 11.3 Å². The predicted octanol–water partition coefficient (Wildman–Crippen LogP) is 2.98. The number of nitrogens with one attached hydrogen (secondary N) is 1. The molecule has 0 unspecified atom stereocenters. The predicted molar refractivity (Wildman–Crippen MR) is 84.3 cm³/mol. The van der Waals surface area contributed by atoms with E-state index in [1.54, 1.807) is 18.2 Å². The molecular weight excluding hydrogens is 295 g/mol. The second-order valence-electron chi connectivity index (χ2n) is 4.67. The van der Waals surface area contributed by atoms with E-state index in [1.807, 2.05) is 0 Å². The van der Waals surface area contributed by atoms with Gasteiger partial charge in [-0.05, 0) is 17.7 Å². The molecule has 0 aliphatic heterocycles. The summed E-state index contributed by atoms with van der Waals surface area (Å²) in [7, 11) is 1.46. The zero-order valence-corrected chi connectivity index (χ0v) is 12.2. The van der Waals surface area contributed by atoms with Crippen molar-refractivity contribution < 1.29 is 12.4 Å². The number of pyridine rings is 1. The van der Waals surface area contributed by atoms with Crippen LogP contribution in [-0.2, 0) is 6.37 Å². The van der Waals surface area contributed by atoms with Crippen molar-refractivity contribution in [2.45, 2.75) is 6.37 Å². The molecule has 0 fully saturated rings. The van der Waals surface area contributed by atoms with E-state index in [1.165, 1.54) is 37.7 Å². The van der Waals surface area contributed by atoms with Crippen LogP contribution in [0.15, 0.2) is 48.8 Å². The molecule has 7 heteroatoms. The minimum absolute atomic E-state index is 0.0791. The van der Waals surface area contributed by atoms with Crippen LogP contribution in [-0.4, -0.2) is 27.2 Å². The second-order valence-corrected chi connectivity index (χ2v) is 4.67. The number of hydrogen-bond donors (Lipinski definition) is 1. The standard InChI is InChI=1S/C16H14N4O3/c1-23-15-6-5-13(7-11-9-17-18-10-11)19-16(15)12-3-2-4-14(8-12)20(21)22/h2-6,8-10H,7H2,1H3,(H,17,18)/i1-1,7D2. The molecule has 1 aromatic carbocycles. The van der Waals surface area contributed by atoms with Crippen molar-refractivity contribution in [3.63, 3.8) is 0 Å². The van der Waals surface area contributed by atoms with E-state index in [0.717, 1.165) is 0 Å². The molecule has 23 heavy (non-hydrogen) atoms. The Morgan fingerprint density at radius 1 is 1.39 bits per heavy atom. The molecule has 2 aromatic heterocycles. The molecule has 116 valence electrons. The molecule has 7 nitrogen and oxygen atoms in total. The van der Waals surface area contributed by atoms with Gasteiger partial charge in [0.25, 0.3) is 5.69 Å². The Bertz CT molecular complexity index is 914. The Labute approximate surface area is 134 Å². The van der Waals surface area contributed by atoms with Gasteiger partial charge in [0.15, 0.2) is 0 Å². The monoisotopic (exact) mass is 311 g/mol. The molecule has 3 aromatic rings. The van der Waals surface area contributed by atoms with E-state index in [4.69, 9.17) is 7.48 Å². The average Bonchev–Trinajstić information content (AvgIpc) is 3.16. The minimum atomic E-state index is -1.88. The highest BCUT2D eigenvalue weighted by Gasteiger charge is 2.13. The fourth-order valence-corrected chi connectivity index (χ4v) is 2.12. The van der Waals surface area contributed by atoms with Gasteiger partial charge < -0.3 is 4.74 Å². The third-order valence-corrected chi connectivity index (χ3v) is 3.18. The summed E-state index contributed by atoms with van der Waals surface area (Å²) in [5.74, 6) is 0.396. The van der Waals surface area contributed by atoms with Gasteiger partial charge in [0.1, 0.15) is 11.4 Å². The highest BCUT2D eigenvalue weighted by atomic mass is 16.6. The summed E-state index contributed by atoms with van der Waals surface area (Å²) in [6.45, 7) is 0. The first-order chi connectivity index (χ1) is 11.9. The molecule has 0 saturated heterocycles. The summed E-state index contributed by atoms with van der Waals surface area (Å²) in [6.07, 6.45) is 0.965. The number of rotatable bonds is 5. The number of aromatic nitrogens is 3. The van der Waals surface area contributed by atoms with Crippen LogP contribution in [0, 0.1) is 10.1 Å². The summed E-state index contributed by atoms with van der Waals surface area (Å²) >= 11 is 0. The molecule has 0 atom stereocenters. The van der Waals surface area contributed by atoms with Gasteiger partial charge in [-0.3, -0.25) is 15.2 Å². The Morgan fingerprint density at radius 3 is 2.96 bits per heavy atom.